The van der Waals surface area contributed by atoms with Crippen LogP contribution in [0, 0.1) is 18.6 Å². The second-order valence-electron chi connectivity index (χ2n) is 7.39. The molecule has 0 radical (unpaired) electrons. The third-order valence-electron chi connectivity index (χ3n) is 5.39. The Hall–Kier alpha value is -4.00. The molecule has 1 amide bonds. The molecule has 0 bridgehead atoms. The molecule has 7 heteroatoms. The summed E-state index contributed by atoms with van der Waals surface area (Å²) in [6.45, 7) is 1.53. The van der Waals surface area contributed by atoms with E-state index in [1.807, 2.05) is 0 Å². The predicted molar refractivity (Wildman–Crippen MR) is 115 cm³/mol. The third-order valence-corrected chi connectivity index (χ3v) is 5.39. The van der Waals surface area contributed by atoms with Gasteiger partial charge < -0.3 is 9.84 Å². The predicted octanol–water partition coefficient (Wildman–Crippen LogP) is 4.91. The minimum Gasteiger partial charge on any atom is -0.507 e. The summed E-state index contributed by atoms with van der Waals surface area (Å²) < 4.78 is 32.5. The summed E-state index contributed by atoms with van der Waals surface area (Å²) in [6.07, 6.45) is 0. The fourth-order valence-corrected chi connectivity index (χ4v) is 3.78. The summed E-state index contributed by atoms with van der Waals surface area (Å²) in [7, 11) is 1.48. The number of anilines is 1. The number of Topliss-reactive ketones (excluding diaryl/α,β-unsaturated/α-hetero) is 1. The Bertz CT molecular complexity index is 1250. The highest BCUT2D eigenvalue weighted by Crippen LogP contribution is 2.42. The van der Waals surface area contributed by atoms with Crippen molar-refractivity contribution in [2.45, 2.75) is 13.0 Å². The Morgan fingerprint density at radius 2 is 1.72 bits per heavy atom. The molecule has 1 aliphatic rings. The van der Waals surface area contributed by atoms with Crippen LogP contribution in [0.3, 0.4) is 0 Å². The van der Waals surface area contributed by atoms with Crippen molar-refractivity contribution in [3.63, 3.8) is 0 Å². The number of aliphatic hydroxyl groups excluding tert-OH is 1. The van der Waals surface area contributed by atoms with E-state index in [-0.39, 0.29) is 22.4 Å². The second-order valence-corrected chi connectivity index (χ2v) is 7.39. The molecule has 1 saturated heterocycles. The van der Waals surface area contributed by atoms with Gasteiger partial charge in [0.25, 0.3) is 11.7 Å². The zero-order valence-corrected chi connectivity index (χ0v) is 17.3. The van der Waals surface area contributed by atoms with E-state index in [0.717, 1.165) is 0 Å². The molecular formula is C25H19F2NO4. The Balaban J connectivity index is 1.96. The van der Waals surface area contributed by atoms with Crippen molar-refractivity contribution in [3.8, 4) is 5.75 Å². The Morgan fingerprint density at radius 1 is 1.00 bits per heavy atom. The molecule has 3 aromatic rings. The number of halogens is 2. The molecule has 162 valence electrons. The summed E-state index contributed by atoms with van der Waals surface area (Å²) in [5, 5.41) is 11.1. The summed E-state index contributed by atoms with van der Waals surface area (Å²) in [5.74, 6) is -2.66. The minimum atomic E-state index is -0.999. The van der Waals surface area contributed by atoms with Gasteiger partial charge in [-0.15, -0.1) is 0 Å². The fourth-order valence-electron chi connectivity index (χ4n) is 3.78. The number of aliphatic hydroxyl groups is 1. The van der Waals surface area contributed by atoms with Gasteiger partial charge in [-0.05, 0) is 72.6 Å². The molecule has 5 nitrogen and oxygen atoms in total. The Morgan fingerprint density at radius 3 is 2.38 bits per heavy atom. The average Bonchev–Trinajstić information content (AvgIpc) is 3.06. The SMILES string of the molecule is COc1cccc(C2/C(=C(/O)c3ccc(F)c(C)c3)C(=O)C(=O)N2c2ccc(F)cc2)c1. The van der Waals surface area contributed by atoms with E-state index in [9.17, 15) is 23.5 Å². The number of ether oxygens (including phenoxy) is 1. The van der Waals surface area contributed by atoms with Crippen molar-refractivity contribution in [2.75, 3.05) is 12.0 Å². The van der Waals surface area contributed by atoms with Crippen LogP contribution in [-0.4, -0.2) is 23.9 Å². The van der Waals surface area contributed by atoms with Gasteiger partial charge in [0.15, 0.2) is 0 Å². The number of hydrogen-bond acceptors (Lipinski definition) is 4. The van der Waals surface area contributed by atoms with Crippen LogP contribution in [0.2, 0.25) is 0 Å². The molecule has 1 unspecified atom stereocenters. The largest absolute Gasteiger partial charge is 0.507 e. The molecule has 1 aliphatic heterocycles. The van der Waals surface area contributed by atoms with E-state index in [0.29, 0.717) is 11.3 Å². The third kappa shape index (κ3) is 3.62. The van der Waals surface area contributed by atoms with Crippen molar-refractivity contribution in [1.29, 1.82) is 0 Å². The number of nitrogens with zero attached hydrogens (tertiary/aromatic N) is 1. The van der Waals surface area contributed by atoms with Gasteiger partial charge in [0, 0.05) is 11.3 Å². The molecule has 0 aromatic heterocycles. The van der Waals surface area contributed by atoms with Crippen LogP contribution in [0.5, 0.6) is 5.75 Å². The van der Waals surface area contributed by atoms with Crippen molar-refractivity contribution < 1.29 is 28.2 Å². The molecule has 4 rings (SSSR count). The normalized spacial score (nSPS) is 17.6. The lowest BCUT2D eigenvalue weighted by atomic mass is 9.94. The van der Waals surface area contributed by atoms with E-state index in [1.165, 1.54) is 61.4 Å². The highest BCUT2D eigenvalue weighted by Gasteiger charge is 2.47. The average molecular weight is 435 g/mol. The number of ketones is 1. The van der Waals surface area contributed by atoms with Crippen molar-refractivity contribution >= 4 is 23.1 Å². The van der Waals surface area contributed by atoms with E-state index < -0.39 is 35.1 Å². The number of carbonyl (C=O) groups excluding carboxylic acids is 2. The number of rotatable bonds is 4. The van der Waals surface area contributed by atoms with Crippen LogP contribution in [0.1, 0.15) is 22.7 Å². The van der Waals surface area contributed by atoms with E-state index in [4.69, 9.17) is 4.74 Å². The maximum absolute atomic E-state index is 13.7. The van der Waals surface area contributed by atoms with Gasteiger partial charge in [0.2, 0.25) is 0 Å². The molecule has 1 heterocycles. The van der Waals surface area contributed by atoms with Crippen LogP contribution in [-0.2, 0) is 9.59 Å². The van der Waals surface area contributed by atoms with Gasteiger partial charge in [-0.1, -0.05) is 12.1 Å². The zero-order chi connectivity index (χ0) is 23.0. The lowest BCUT2D eigenvalue weighted by molar-refractivity contribution is -0.132. The molecular weight excluding hydrogens is 416 g/mol. The van der Waals surface area contributed by atoms with Crippen LogP contribution >= 0.6 is 0 Å². The summed E-state index contributed by atoms with van der Waals surface area (Å²) in [5.41, 5.74) is 1.12. The second kappa shape index (κ2) is 8.26. The number of amides is 1. The molecule has 0 aliphatic carbocycles. The highest BCUT2D eigenvalue weighted by atomic mass is 19.1. The monoisotopic (exact) mass is 435 g/mol. The number of aryl methyl sites for hydroxylation is 1. The van der Waals surface area contributed by atoms with Gasteiger partial charge in [-0.2, -0.15) is 0 Å². The van der Waals surface area contributed by atoms with E-state index in [2.05, 4.69) is 0 Å². The first-order chi connectivity index (χ1) is 15.3. The van der Waals surface area contributed by atoms with Crippen LogP contribution in [0.25, 0.3) is 5.76 Å². The summed E-state index contributed by atoms with van der Waals surface area (Å²) >= 11 is 0. The molecule has 0 spiro atoms. The van der Waals surface area contributed by atoms with Gasteiger partial charge in [-0.3, -0.25) is 14.5 Å². The first kappa shape index (κ1) is 21.2. The lowest BCUT2D eigenvalue weighted by Gasteiger charge is -2.25. The molecule has 32 heavy (non-hydrogen) atoms. The molecule has 1 N–H and O–H groups in total. The van der Waals surface area contributed by atoms with Gasteiger partial charge in [0.1, 0.15) is 23.1 Å². The number of carbonyl (C=O) groups is 2. The highest BCUT2D eigenvalue weighted by molar-refractivity contribution is 6.51. The molecule has 1 fully saturated rings. The minimum absolute atomic E-state index is 0.154. The van der Waals surface area contributed by atoms with Crippen molar-refractivity contribution in [2.24, 2.45) is 0 Å². The first-order valence-corrected chi connectivity index (χ1v) is 9.79. The quantitative estimate of drug-likeness (QED) is 0.359. The topological polar surface area (TPSA) is 66.8 Å². The maximum Gasteiger partial charge on any atom is 0.300 e. The van der Waals surface area contributed by atoms with E-state index in [1.54, 1.807) is 24.3 Å². The Labute approximate surface area is 183 Å². The summed E-state index contributed by atoms with van der Waals surface area (Å²) in [6, 6.07) is 14.8. The van der Waals surface area contributed by atoms with Crippen LogP contribution in [0.15, 0.2) is 72.3 Å². The smallest absolute Gasteiger partial charge is 0.300 e. The number of hydrogen-bond donors (Lipinski definition) is 1. The Kier molecular flexibility index (Phi) is 5.48. The van der Waals surface area contributed by atoms with Gasteiger partial charge in [0.05, 0.1) is 18.7 Å². The van der Waals surface area contributed by atoms with E-state index >= 15 is 0 Å². The summed E-state index contributed by atoms with van der Waals surface area (Å²) in [4.78, 5) is 27.3. The first-order valence-electron chi connectivity index (χ1n) is 9.79. The standard InChI is InChI=1S/C25H19F2NO4/c1-14-12-16(6-11-20(14)27)23(29)21-22(15-4-3-5-19(13-15)32-2)28(25(31)24(21)30)18-9-7-17(26)8-10-18/h3-13,22,29H,1-2H3/b23-21-. The lowest BCUT2D eigenvalue weighted by Crippen LogP contribution is -2.29. The van der Waals surface area contributed by atoms with Crippen LogP contribution in [0.4, 0.5) is 14.5 Å². The maximum atomic E-state index is 13.7. The fraction of sp³-hybridized carbons (Fsp3) is 0.120. The number of methoxy groups -OCH3 is 1. The van der Waals surface area contributed by atoms with Gasteiger partial charge >= 0.3 is 0 Å². The van der Waals surface area contributed by atoms with Crippen LogP contribution < -0.4 is 9.64 Å². The number of benzene rings is 3. The molecule has 1 atom stereocenters. The molecule has 3 aromatic carbocycles. The van der Waals surface area contributed by atoms with Crippen molar-refractivity contribution in [1.82, 2.24) is 0 Å². The van der Waals surface area contributed by atoms with Gasteiger partial charge in [-0.25, -0.2) is 8.78 Å². The van der Waals surface area contributed by atoms with Crippen molar-refractivity contribution in [3.05, 3.63) is 101 Å². The molecule has 0 saturated carbocycles. The zero-order valence-electron chi connectivity index (χ0n) is 17.3.